The maximum absolute atomic E-state index is 12.5. The number of hydrogen-bond donors (Lipinski definition) is 1. The topological polar surface area (TPSA) is 12.0 Å². The Morgan fingerprint density at radius 1 is 1.35 bits per heavy atom. The van der Waals surface area contributed by atoms with Crippen LogP contribution in [-0.2, 0) is 6.18 Å². The fourth-order valence-electron chi connectivity index (χ4n) is 1.58. The number of rotatable bonds is 7. The monoisotopic (exact) mass is 325 g/mol. The SMILES string of the molecule is CCCCSC(C)CNc1ccc(C(F)(F)F)cc1Cl. The van der Waals surface area contributed by atoms with Gasteiger partial charge in [-0.15, -0.1) is 0 Å². The molecular formula is C14H19ClF3NS. The molecule has 0 amide bonds. The summed E-state index contributed by atoms with van der Waals surface area (Å²) in [5.41, 5.74) is -0.180. The van der Waals surface area contributed by atoms with E-state index in [0.29, 0.717) is 17.5 Å². The van der Waals surface area contributed by atoms with Crippen molar-refractivity contribution in [1.82, 2.24) is 0 Å². The fraction of sp³-hybridized carbons (Fsp3) is 0.571. The van der Waals surface area contributed by atoms with Gasteiger partial charge in [-0.05, 0) is 30.4 Å². The molecule has 0 spiro atoms. The molecule has 0 saturated heterocycles. The summed E-state index contributed by atoms with van der Waals surface area (Å²) < 4.78 is 37.5. The number of benzene rings is 1. The summed E-state index contributed by atoms with van der Waals surface area (Å²) in [6.45, 7) is 4.91. The molecule has 1 atom stereocenters. The second-order valence-corrected chi connectivity index (χ2v) is 6.56. The van der Waals surface area contributed by atoms with E-state index in [-0.39, 0.29) is 5.02 Å². The first-order valence-electron chi connectivity index (χ1n) is 6.56. The molecule has 0 heterocycles. The van der Waals surface area contributed by atoms with Crippen molar-refractivity contribution in [2.45, 2.75) is 38.1 Å². The van der Waals surface area contributed by atoms with Crippen LogP contribution in [0.25, 0.3) is 0 Å². The van der Waals surface area contributed by atoms with Gasteiger partial charge in [-0.25, -0.2) is 0 Å². The first-order chi connectivity index (χ1) is 9.34. The highest BCUT2D eigenvalue weighted by Gasteiger charge is 2.30. The Labute approximate surface area is 127 Å². The molecule has 0 bridgehead atoms. The second-order valence-electron chi connectivity index (χ2n) is 4.61. The first-order valence-corrected chi connectivity index (χ1v) is 7.99. The lowest BCUT2D eigenvalue weighted by Crippen LogP contribution is -2.14. The highest BCUT2D eigenvalue weighted by Crippen LogP contribution is 2.33. The van der Waals surface area contributed by atoms with E-state index in [4.69, 9.17) is 11.6 Å². The lowest BCUT2D eigenvalue weighted by Gasteiger charge is -2.15. The number of thioether (sulfide) groups is 1. The van der Waals surface area contributed by atoms with Crippen LogP contribution in [0, 0.1) is 0 Å². The minimum atomic E-state index is -4.36. The average Bonchev–Trinajstić information content (AvgIpc) is 2.36. The molecule has 0 saturated carbocycles. The van der Waals surface area contributed by atoms with E-state index in [1.54, 1.807) is 0 Å². The quantitative estimate of drug-likeness (QED) is 0.646. The van der Waals surface area contributed by atoms with Crippen LogP contribution in [-0.4, -0.2) is 17.5 Å². The molecule has 20 heavy (non-hydrogen) atoms. The number of halogens is 4. The van der Waals surface area contributed by atoms with E-state index >= 15 is 0 Å². The van der Waals surface area contributed by atoms with Crippen molar-refractivity contribution in [1.29, 1.82) is 0 Å². The zero-order valence-electron chi connectivity index (χ0n) is 11.6. The lowest BCUT2D eigenvalue weighted by molar-refractivity contribution is -0.137. The zero-order chi connectivity index (χ0) is 15.2. The van der Waals surface area contributed by atoms with Gasteiger partial charge in [-0.1, -0.05) is 31.9 Å². The molecule has 114 valence electrons. The number of anilines is 1. The van der Waals surface area contributed by atoms with Crippen molar-refractivity contribution in [3.05, 3.63) is 28.8 Å². The van der Waals surface area contributed by atoms with Crippen molar-refractivity contribution in [2.24, 2.45) is 0 Å². The van der Waals surface area contributed by atoms with Gasteiger partial charge in [0.05, 0.1) is 16.3 Å². The van der Waals surface area contributed by atoms with Crippen molar-refractivity contribution in [3.8, 4) is 0 Å². The van der Waals surface area contributed by atoms with Crippen LogP contribution in [0.15, 0.2) is 18.2 Å². The maximum atomic E-state index is 12.5. The summed E-state index contributed by atoms with van der Waals surface area (Å²) in [7, 11) is 0. The smallest absolute Gasteiger partial charge is 0.383 e. The molecule has 0 aromatic heterocycles. The van der Waals surface area contributed by atoms with Crippen molar-refractivity contribution in [2.75, 3.05) is 17.6 Å². The Morgan fingerprint density at radius 3 is 2.60 bits per heavy atom. The third-order valence-corrected chi connectivity index (χ3v) is 4.35. The number of hydrogen-bond acceptors (Lipinski definition) is 2. The summed E-state index contributed by atoms with van der Waals surface area (Å²) in [5.74, 6) is 1.10. The van der Waals surface area contributed by atoms with Crippen LogP contribution in [0.5, 0.6) is 0 Å². The Morgan fingerprint density at radius 2 is 2.05 bits per heavy atom. The van der Waals surface area contributed by atoms with E-state index in [1.165, 1.54) is 12.5 Å². The Hall–Kier alpha value is -0.550. The molecule has 0 aliphatic carbocycles. The number of unbranched alkanes of at least 4 members (excludes halogenated alkanes) is 1. The average molecular weight is 326 g/mol. The molecule has 6 heteroatoms. The van der Waals surface area contributed by atoms with Crippen LogP contribution < -0.4 is 5.32 Å². The summed E-state index contributed by atoms with van der Waals surface area (Å²) in [5, 5.41) is 3.59. The van der Waals surface area contributed by atoms with E-state index in [2.05, 4.69) is 19.2 Å². The normalized spacial score (nSPS) is 13.3. The molecule has 1 unspecified atom stereocenters. The van der Waals surface area contributed by atoms with E-state index in [0.717, 1.165) is 24.3 Å². The largest absolute Gasteiger partial charge is 0.416 e. The van der Waals surface area contributed by atoms with Crippen LogP contribution in [0.3, 0.4) is 0 Å². The molecular weight excluding hydrogens is 307 g/mol. The van der Waals surface area contributed by atoms with Gasteiger partial charge in [-0.2, -0.15) is 24.9 Å². The Kier molecular flexibility index (Phi) is 7.03. The molecule has 1 aromatic carbocycles. The van der Waals surface area contributed by atoms with Crippen molar-refractivity contribution >= 4 is 29.1 Å². The summed E-state index contributed by atoms with van der Waals surface area (Å²) in [6.07, 6.45) is -2.01. The van der Waals surface area contributed by atoms with Gasteiger partial charge < -0.3 is 5.32 Å². The lowest BCUT2D eigenvalue weighted by atomic mass is 10.2. The van der Waals surface area contributed by atoms with Gasteiger partial charge in [0.1, 0.15) is 0 Å². The predicted octanol–water partition coefficient (Wildman–Crippen LogP) is 5.69. The van der Waals surface area contributed by atoms with Crippen molar-refractivity contribution < 1.29 is 13.2 Å². The van der Waals surface area contributed by atoms with E-state index in [1.807, 2.05) is 11.8 Å². The molecule has 0 radical (unpaired) electrons. The highest BCUT2D eigenvalue weighted by atomic mass is 35.5. The third kappa shape index (κ3) is 5.83. The van der Waals surface area contributed by atoms with Gasteiger partial charge in [-0.3, -0.25) is 0 Å². The maximum Gasteiger partial charge on any atom is 0.416 e. The number of nitrogens with one attached hydrogen (secondary N) is 1. The molecule has 1 nitrogen and oxygen atoms in total. The minimum Gasteiger partial charge on any atom is -0.383 e. The van der Waals surface area contributed by atoms with Crippen molar-refractivity contribution in [3.63, 3.8) is 0 Å². The molecule has 1 rings (SSSR count). The summed E-state index contributed by atoms with van der Waals surface area (Å²) >= 11 is 7.72. The van der Waals surface area contributed by atoms with Crippen LogP contribution in [0.1, 0.15) is 32.3 Å². The van der Waals surface area contributed by atoms with Gasteiger partial charge in [0.25, 0.3) is 0 Å². The Bertz CT molecular complexity index is 423. The van der Waals surface area contributed by atoms with Gasteiger partial charge in [0.2, 0.25) is 0 Å². The van der Waals surface area contributed by atoms with Crippen LogP contribution in [0.2, 0.25) is 5.02 Å². The van der Waals surface area contributed by atoms with Crippen LogP contribution >= 0.6 is 23.4 Å². The van der Waals surface area contributed by atoms with Gasteiger partial charge >= 0.3 is 6.18 Å². The predicted molar refractivity (Wildman–Crippen MR) is 81.8 cm³/mol. The van der Waals surface area contributed by atoms with E-state index in [9.17, 15) is 13.2 Å². The molecule has 1 aromatic rings. The standard InChI is InChI=1S/C14H19ClF3NS/c1-3-4-7-20-10(2)9-19-13-6-5-11(8-12(13)15)14(16,17)18/h5-6,8,10,19H,3-4,7,9H2,1-2H3. The van der Waals surface area contributed by atoms with Crippen LogP contribution in [0.4, 0.5) is 18.9 Å². The number of alkyl halides is 3. The fourth-order valence-corrected chi connectivity index (χ4v) is 2.88. The summed E-state index contributed by atoms with van der Waals surface area (Å²) in [4.78, 5) is 0. The Balaban J connectivity index is 2.52. The zero-order valence-corrected chi connectivity index (χ0v) is 13.1. The van der Waals surface area contributed by atoms with Gasteiger partial charge in [0.15, 0.2) is 0 Å². The molecule has 0 aliphatic heterocycles. The summed E-state index contributed by atoms with van der Waals surface area (Å²) in [6, 6.07) is 3.39. The first kappa shape index (κ1) is 17.5. The highest BCUT2D eigenvalue weighted by molar-refractivity contribution is 7.99. The molecule has 0 aliphatic rings. The third-order valence-electron chi connectivity index (χ3n) is 2.78. The minimum absolute atomic E-state index is 0.102. The van der Waals surface area contributed by atoms with E-state index < -0.39 is 11.7 Å². The molecule has 1 N–H and O–H groups in total. The second kappa shape index (κ2) is 8.03. The molecule has 0 fully saturated rings. The van der Waals surface area contributed by atoms with Gasteiger partial charge in [0, 0.05) is 11.8 Å².